The minimum atomic E-state index is -1.32. The number of aliphatic hydroxyl groups is 1. The van der Waals surface area contributed by atoms with Crippen molar-refractivity contribution in [2.45, 2.75) is 70.2 Å². The molecule has 6 nitrogen and oxygen atoms in total. The first-order valence-corrected chi connectivity index (χ1v) is 13.3. The van der Waals surface area contributed by atoms with Crippen LogP contribution in [-0.2, 0) is 0 Å². The third-order valence-electron chi connectivity index (χ3n) is 6.81. The third kappa shape index (κ3) is 6.33. The van der Waals surface area contributed by atoms with E-state index in [2.05, 4.69) is 31.2 Å². The van der Waals surface area contributed by atoms with E-state index in [1.165, 1.54) is 18.3 Å². The Morgan fingerprint density at radius 3 is 2.73 bits per heavy atom. The second-order valence-electron chi connectivity index (χ2n) is 9.69. The van der Waals surface area contributed by atoms with Crippen molar-refractivity contribution in [2.24, 2.45) is 0 Å². The van der Waals surface area contributed by atoms with Crippen LogP contribution in [0.3, 0.4) is 0 Å². The van der Waals surface area contributed by atoms with Crippen LogP contribution < -0.4 is 11.1 Å². The highest BCUT2D eigenvalue weighted by Gasteiger charge is 2.31. The van der Waals surface area contributed by atoms with Crippen molar-refractivity contribution < 1.29 is 18.7 Å². The Balaban J connectivity index is 1.56. The molecular formula is C28H31BrF2N4O2. The standard InChI is InChI=1S/C28H31BrF2N4O2/c1-3-4-23(18-9-15(2)10-19(29)11-18)35-28(37)20-7-5-17(13-21(20)30)26-27(32)33-14-24(34-26)16-6-8-25(36)22(31)12-16/h5,7,9-11,13-14,16,22-23,25,36H,3-4,6,8,12H2,1-2H3,(H2,32,33)(H,35,37)/t16-,22-,23+,25-/m0/s1. The van der Waals surface area contributed by atoms with Crippen molar-refractivity contribution in [1.82, 2.24) is 15.3 Å². The molecule has 4 atom stereocenters. The average molecular weight is 573 g/mol. The van der Waals surface area contributed by atoms with Gasteiger partial charge < -0.3 is 16.2 Å². The fraction of sp³-hybridized carbons (Fsp3) is 0.393. The zero-order valence-corrected chi connectivity index (χ0v) is 22.4. The number of nitrogen functional groups attached to an aromatic ring is 1. The Morgan fingerprint density at radius 1 is 1.27 bits per heavy atom. The van der Waals surface area contributed by atoms with E-state index in [1.54, 1.807) is 6.07 Å². The Kier molecular flexibility index (Phi) is 8.54. The summed E-state index contributed by atoms with van der Waals surface area (Å²) in [6, 6.07) is 9.92. The number of hydrogen-bond donors (Lipinski definition) is 3. The van der Waals surface area contributed by atoms with E-state index in [0.717, 1.165) is 22.0 Å². The highest BCUT2D eigenvalue weighted by Crippen LogP contribution is 2.35. The molecule has 1 heterocycles. The molecule has 1 saturated carbocycles. The fourth-order valence-electron chi connectivity index (χ4n) is 4.85. The van der Waals surface area contributed by atoms with Crippen LogP contribution in [0.5, 0.6) is 0 Å². The van der Waals surface area contributed by atoms with Gasteiger partial charge in [0.2, 0.25) is 0 Å². The van der Waals surface area contributed by atoms with Crippen LogP contribution in [0.15, 0.2) is 47.1 Å². The lowest BCUT2D eigenvalue weighted by Crippen LogP contribution is -2.30. The molecule has 4 N–H and O–H groups in total. The van der Waals surface area contributed by atoms with E-state index in [9.17, 15) is 14.3 Å². The maximum Gasteiger partial charge on any atom is 0.254 e. The molecule has 0 unspecified atom stereocenters. The predicted molar refractivity (Wildman–Crippen MR) is 143 cm³/mol. The van der Waals surface area contributed by atoms with Gasteiger partial charge in [-0.2, -0.15) is 0 Å². The van der Waals surface area contributed by atoms with E-state index < -0.39 is 24.0 Å². The lowest BCUT2D eigenvalue weighted by Gasteiger charge is -2.28. The van der Waals surface area contributed by atoms with Crippen LogP contribution in [0.1, 0.15) is 78.2 Å². The zero-order valence-electron chi connectivity index (χ0n) is 20.8. The van der Waals surface area contributed by atoms with Crippen LogP contribution in [0.25, 0.3) is 11.3 Å². The summed E-state index contributed by atoms with van der Waals surface area (Å²) in [6.45, 7) is 4.01. The summed E-state index contributed by atoms with van der Waals surface area (Å²) in [7, 11) is 0. The summed E-state index contributed by atoms with van der Waals surface area (Å²) in [6.07, 6.45) is 1.82. The number of carbonyl (C=O) groups excluding carboxylic acids is 1. The molecule has 3 aromatic rings. The molecule has 37 heavy (non-hydrogen) atoms. The number of nitrogens with zero attached hydrogens (tertiary/aromatic N) is 2. The van der Waals surface area contributed by atoms with E-state index in [0.29, 0.717) is 30.5 Å². The monoisotopic (exact) mass is 572 g/mol. The molecule has 1 amide bonds. The molecule has 2 aromatic carbocycles. The van der Waals surface area contributed by atoms with Gasteiger partial charge in [-0.25, -0.2) is 18.7 Å². The van der Waals surface area contributed by atoms with Gasteiger partial charge in [-0.05, 0) is 68.0 Å². The molecule has 1 aliphatic carbocycles. The van der Waals surface area contributed by atoms with Crippen molar-refractivity contribution in [3.63, 3.8) is 0 Å². The molecule has 4 rings (SSSR count). The quantitative estimate of drug-likeness (QED) is 0.314. The highest BCUT2D eigenvalue weighted by atomic mass is 79.9. The zero-order chi connectivity index (χ0) is 26.7. The summed E-state index contributed by atoms with van der Waals surface area (Å²) in [5, 5.41) is 12.7. The van der Waals surface area contributed by atoms with Gasteiger partial charge in [0.15, 0.2) is 0 Å². The second kappa shape index (κ2) is 11.6. The van der Waals surface area contributed by atoms with Gasteiger partial charge in [0.25, 0.3) is 5.91 Å². The summed E-state index contributed by atoms with van der Waals surface area (Å²) < 4.78 is 30.2. The molecule has 1 fully saturated rings. The van der Waals surface area contributed by atoms with E-state index >= 15 is 4.39 Å². The lowest BCUT2D eigenvalue weighted by atomic mass is 9.84. The largest absolute Gasteiger partial charge is 0.390 e. The molecule has 9 heteroatoms. The van der Waals surface area contributed by atoms with Crippen molar-refractivity contribution >= 4 is 27.7 Å². The molecule has 0 bridgehead atoms. The number of alkyl halides is 1. The molecule has 1 aliphatic rings. The first-order valence-electron chi connectivity index (χ1n) is 12.5. The summed E-state index contributed by atoms with van der Waals surface area (Å²) in [4.78, 5) is 21.8. The number of rotatable bonds is 7. The van der Waals surface area contributed by atoms with Gasteiger partial charge in [-0.3, -0.25) is 4.79 Å². The molecule has 0 saturated heterocycles. The minimum absolute atomic E-state index is 0.0826. The first-order chi connectivity index (χ1) is 17.7. The number of aromatic nitrogens is 2. The Hall–Kier alpha value is -2.91. The van der Waals surface area contributed by atoms with Crippen LogP contribution in [0, 0.1) is 12.7 Å². The van der Waals surface area contributed by atoms with E-state index in [1.807, 2.05) is 32.0 Å². The number of anilines is 1. The van der Waals surface area contributed by atoms with Gasteiger partial charge in [0.1, 0.15) is 23.5 Å². The number of aryl methyl sites for hydroxylation is 1. The summed E-state index contributed by atoms with van der Waals surface area (Å²) >= 11 is 3.50. The Bertz CT molecular complexity index is 1270. The number of halogens is 3. The number of aliphatic hydroxyl groups excluding tert-OH is 1. The number of nitrogens with one attached hydrogen (secondary N) is 1. The molecule has 0 radical (unpaired) electrons. The van der Waals surface area contributed by atoms with Crippen LogP contribution in [0.4, 0.5) is 14.6 Å². The van der Waals surface area contributed by atoms with Crippen LogP contribution >= 0.6 is 15.9 Å². The van der Waals surface area contributed by atoms with Gasteiger partial charge in [0, 0.05) is 16.0 Å². The summed E-state index contributed by atoms with van der Waals surface area (Å²) in [5.74, 6) is -1.31. The Morgan fingerprint density at radius 2 is 2.05 bits per heavy atom. The van der Waals surface area contributed by atoms with Crippen molar-refractivity contribution in [3.8, 4) is 11.3 Å². The van der Waals surface area contributed by atoms with E-state index in [4.69, 9.17) is 5.73 Å². The number of benzene rings is 2. The minimum Gasteiger partial charge on any atom is -0.390 e. The van der Waals surface area contributed by atoms with Crippen LogP contribution in [-0.4, -0.2) is 33.3 Å². The molecular weight excluding hydrogens is 542 g/mol. The second-order valence-corrected chi connectivity index (χ2v) is 10.6. The van der Waals surface area contributed by atoms with Gasteiger partial charge in [-0.1, -0.05) is 41.4 Å². The molecule has 1 aromatic heterocycles. The van der Waals surface area contributed by atoms with Gasteiger partial charge in [0.05, 0.1) is 29.6 Å². The number of amides is 1. The lowest BCUT2D eigenvalue weighted by molar-refractivity contribution is 0.0363. The number of carbonyl (C=O) groups is 1. The SMILES string of the molecule is CCC[C@@H](NC(=O)c1ccc(-c2nc([C@H]3CC[C@H](O)[C@@H](F)C3)cnc2N)cc1F)c1cc(C)cc(Br)c1. The smallest absolute Gasteiger partial charge is 0.254 e. The predicted octanol–water partition coefficient (Wildman–Crippen LogP) is 6.17. The Labute approximate surface area is 223 Å². The normalized spacial score (nSPS) is 20.4. The number of nitrogens with two attached hydrogens (primary N) is 1. The average Bonchev–Trinajstić information content (AvgIpc) is 2.85. The molecule has 196 valence electrons. The molecule has 0 spiro atoms. The third-order valence-corrected chi connectivity index (χ3v) is 7.27. The summed E-state index contributed by atoms with van der Waals surface area (Å²) in [5.41, 5.74) is 9.17. The topological polar surface area (TPSA) is 101 Å². The van der Waals surface area contributed by atoms with Gasteiger partial charge >= 0.3 is 0 Å². The van der Waals surface area contributed by atoms with Crippen LogP contribution in [0.2, 0.25) is 0 Å². The maximum atomic E-state index is 15.2. The van der Waals surface area contributed by atoms with Gasteiger partial charge in [-0.15, -0.1) is 0 Å². The molecule has 0 aliphatic heterocycles. The highest BCUT2D eigenvalue weighted by molar-refractivity contribution is 9.10. The fourth-order valence-corrected chi connectivity index (χ4v) is 5.47. The first kappa shape index (κ1) is 27.1. The number of hydrogen-bond acceptors (Lipinski definition) is 5. The van der Waals surface area contributed by atoms with Crippen molar-refractivity contribution in [3.05, 3.63) is 75.3 Å². The van der Waals surface area contributed by atoms with Crippen molar-refractivity contribution in [1.29, 1.82) is 0 Å². The van der Waals surface area contributed by atoms with Crippen molar-refractivity contribution in [2.75, 3.05) is 5.73 Å². The van der Waals surface area contributed by atoms with E-state index in [-0.39, 0.29) is 35.5 Å². The maximum absolute atomic E-state index is 15.2.